The lowest BCUT2D eigenvalue weighted by molar-refractivity contribution is 0.486. The summed E-state index contributed by atoms with van der Waals surface area (Å²) in [5.74, 6) is 0.756. The number of rotatable bonds is 7. The maximum absolute atomic E-state index is 13.2. The molecule has 192 valence electrons. The number of aryl methyl sites for hydroxylation is 1. The van der Waals surface area contributed by atoms with Crippen molar-refractivity contribution in [2.75, 3.05) is 36.4 Å². The molecule has 1 aromatic carbocycles. The highest BCUT2D eigenvalue weighted by atomic mass is 16.1. The Morgan fingerprint density at radius 2 is 1.95 bits per heavy atom. The molecule has 1 aliphatic heterocycles. The van der Waals surface area contributed by atoms with Crippen LogP contribution in [0.3, 0.4) is 0 Å². The van der Waals surface area contributed by atoms with Crippen LogP contribution in [0, 0.1) is 6.92 Å². The van der Waals surface area contributed by atoms with Gasteiger partial charge in [0.25, 0.3) is 11.1 Å². The third-order valence-corrected chi connectivity index (χ3v) is 6.41. The van der Waals surface area contributed by atoms with Gasteiger partial charge in [-0.2, -0.15) is 4.98 Å². The van der Waals surface area contributed by atoms with E-state index in [4.69, 9.17) is 0 Å². The molecule has 0 unspecified atom stereocenters. The largest absolute Gasteiger partial charge is 0.369 e. The van der Waals surface area contributed by atoms with Crippen LogP contribution in [0.1, 0.15) is 25.5 Å². The van der Waals surface area contributed by atoms with E-state index in [1.165, 1.54) is 27.3 Å². The number of aromatic nitrogens is 6. The van der Waals surface area contributed by atoms with Crippen LogP contribution in [-0.2, 0) is 6.54 Å². The summed E-state index contributed by atoms with van der Waals surface area (Å²) in [5, 5.41) is 11.5. The van der Waals surface area contributed by atoms with Crippen molar-refractivity contribution in [1.82, 2.24) is 34.4 Å². The molecule has 4 heterocycles. The van der Waals surface area contributed by atoms with Crippen LogP contribution in [0.15, 0.2) is 58.8 Å². The number of allylic oxidation sites excluding steroid dienone is 1. The number of hydrogen-bond donors (Lipinski definition) is 2. The molecule has 11 nitrogen and oxygen atoms in total. The van der Waals surface area contributed by atoms with Gasteiger partial charge in [-0.05, 0) is 50.6 Å². The van der Waals surface area contributed by atoms with Crippen LogP contribution >= 0.6 is 0 Å². The fourth-order valence-corrected chi connectivity index (χ4v) is 4.63. The molecule has 37 heavy (non-hydrogen) atoms. The molecule has 1 aliphatic rings. The van der Waals surface area contributed by atoms with Gasteiger partial charge in [-0.1, -0.05) is 6.08 Å². The van der Waals surface area contributed by atoms with Crippen LogP contribution in [-0.4, -0.2) is 55.3 Å². The fraction of sp³-hybridized carbons (Fsp3) is 0.346. The maximum atomic E-state index is 13.2. The molecule has 4 aromatic rings. The third-order valence-electron chi connectivity index (χ3n) is 6.41. The Hall–Kier alpha value is -4.25. The second kappa shape index (κ2) is 10.0. The highest BCUT2D eigenvalue weighted by Gasteiger charge is 2.19. The van der Waals surface area contributed by atoms with E-state index in [0.717, 1.165) is 37.4 Å². The monoisotopic (exact) mass is 501 g/mol. The molecular formula is C26H31N9O2. The summed E-state index contributed by atoms with van der Waals surface area (Å²) in [4.78, 5) is 37.0. The molecule has 0 amide bonds. The molecule has 1 fully saturated rings. The summed E-state index contributed by atoms with van der Waals surface area (Å²) in [6.07, 6.45) is 3.15. The Labute approximate surface area is 214 Å². The fourth-order valence-electron chi connectivity index (χ4n) is 4.63. The quantitative estimate of drug-likeness (QED) is 0.371. The zero-order valence-electron chi connectivity index (χ0n) is 21.3. The summed E-state index contributed by atoms with van der Waals surface area (Å²) in [6.45, 7) is 13.8. The van der Waals surface area contributed by atoms with E-state index in [0.29, 0.717) is 22.8 Å². The van der Waals surface area contributed by atoms with Crippen molar-refractivity contribution in [1.29, 1.82) is 0 Å². The van der Waals surface area contributed by atoms with E-state index < -0.39 is 0 Å². The second-order valence-electron chi connectivity index (χ2n) is 9.35. The predicted molar refractivity (Wildman–Crippen MR) is 145 cm³/mol. The van der Waals surface area contributed by atoms with Crippen molar-refractivity contribution < 1.29 is 0 Å². The summed E-state index contributed by atoms with van der Waals surface area (Å²) in [6, 6.07) is 9.08. The van der Waals surface area contributed by atoms with Crippen molar-refractivity contribution in [3.05, 3.63) is 75.5 Å². The number of piperazine rings is 1. The van der Waals surface area contributed by atoms with Crippen LogP contribution in [0.4, 0.5) is 17.3 Å². The Kier molecular flexibility index (Phi) is 6.62. The van der Waals surface area contributed by atoms with Gasteiger partial charge in [-0.15, -0.1) is 11.7 Å². The zero-order chi connectivity index (χ0) is 26.1. The van der Waals surface area contributed by atoms with Gasteiger partial charge < -0.3 is 15.5 Å². The van der Waals surface area contributed by atoms with E-state index in [2.05, 4.69) is 56.2 Å². The molecule has 0 spiro atoms. The average Bonchev–Trinajstić information content (AvgIpc) is 3.16. The molecule has 3 aromatic heterocycles. The van der Waals surface area contributed by atoms with Crippen LogP contribution in [0.25, 0.3) is 16.9 Å². The zero-order valence-corrected chi connectivity index (χ0v) is 21.3. The number of anilines is 3. The van der Waals surface area contributed by atoms with Crippen molar-refractivity contribution >= 4 is 28.4 Å². The van der Waals surface area contributed by atoms with Gasteiger partial charge in [0.1, 0.15) is 5.39 Å². The van der Waals surface area contributed by atoms with Crippen molar-refractivity contribution in [3.63, 3.8) is 0 Å². The van der Waals surface area contributed by atoms with E-state index in [9.17, 15) is 9.59 Å². The normalized spacial score (nSPS) is 13.9. The maximum Gasteiger partial charge on any atom is 0.278 e. The van der Waals surface area contributed by atoms with E-state index in [1.54, 1.807) is 16.8 Å². The van der Waals surface area contributed by atoms with E-state index >= 15 is 0 Å². The van der Waals surface area contributed by atoms with Gasteiger partial charge in [0.15, 0.2) is 11.5 Å². The number of nitrogens with zero attached hydrogens (tertiary/aromatic N) is 7. The molecule has 11 heteroatoms. The smallest absolute Gasteiger partial charge is 0.278 e. The first-order chi connectivity index (χ1) is 17.9. The van der Waals surface area contributed by atoms with Crippen LogP contribution in [0.2, 0.25) is 0 Å². The molecule has 2 N–H and O–H groups in total. The van der Waals surface area contributed by atoms with Gasteiger partial charge in [0, 0.05) is 49.8 Å². The predicted octanol–water partition coefficient (Wildman–Crippen LogP) is 2.37. The SMILES string of the molecule is C=CCn1c(=O)c2cnc(Nc3ccc(N4CCNCC4)c(C)c3)nc2n1-c1ccc(=O)n(C(C)C)n1. The Balaban J connectivity index is 1.56. The van der Waals surface area contributed by atoms with Gasteiger partial charge in [0.05, 0.1) is 12.6 Å². The standard InChI is InChI=1S/C26H31N9O2/c1-5-12-33-25(37)20-16-28-26(29-19-6-7-21(18(4)15-19)32-13-10-27-11-14-32)30-24(20)35(33)22-8-9-23(36)34(31-22)17(2)3/h5-9,15-17,27H,1,10-14H2,2-4H3,(H,28,29,30). The van der Waals surface area contributed by atoms with Crippen LogP contribution < -0.4 is 26.7 Å². The molecule has 0 saturated carbocycles. The van der Waals surface area contributed by atoms with Gasteiger partial charge in [0.2, 0.25) is 5.95 Å². The number of benzene rings is 1. The first kappa shape index (κ1) is 24.4. The summed E-state index contributed by atoms with van der Waals surface area (Å²) >= 11 is 0. The number of nitrogens with one attached hydrogen (secondary N) is 2. The van der Waals surface area contributed by atoms with Crippen molar-refractivity contribution in [3.8, 4) is 5.82 Å². The Morgan fingerprint density at radius 1 is 1.16 bits per heavy atom. The minimum Gasteiger partial charge on any atom is -0.369 e. The lowest BCUT2D eigenvalue weighted by Gasteiger charge is -2.30. The highest BCUT2D eigenvalue weighted by molar-refractivity contribution is 5.77. The molecule has 1 saturated heterocycles. The van der Waals surface area contributed by atoms with E-state index in [-0.39, 0.29) is 23.7 Å². The van der Waals surface area contributed by atoms with Crippen molar-refractivity contribution in [2.45, 2.75) is 33.4 Å². The van der Waals surface area contributed by atoms with Crippen LogP contribution in [0.5, 0.6) is 0 Å². The molecule has 0 atom stereocenters. The topological polar surface area (TPSA) is 115 Å². The molecule has 5 rings (SSSR count). The first-order valence-corrected chi connectivity index (χ1v) is 12.4. The Morgan fingerprint density at radius 3 is 2.65 bits per heavy atom. The highest BCUT2D eigenvalue weighted by Crippen LogP contribution is 2.26. The molecule has 0 bridgehead atoms. The lowest BCUT2D eigenvalue weighted by Crippen LogP contribution is -2.43. The molecular weight excluding hydrogens is 470 g/mol. The van der Waals surface area contributed by atoms with Gasteiger partial charge in [-0.3, -0.25) is 9.59 Å². The van der Waals surface area contributed by atoms with E-state index in [1.807, 2.05) is 19.9 Å². The van der Waals surface area contributed by atoms with Gasteiger partial charge >= 0.3 is 0 Å². The summed E-state index contributed by atoms with van der Waals surface area (Å²) in [5.41, 5.74) is 3.13. The summed E-state index contributed by atoms with van der Waals surface area (Å²) < 4.78 is 4.48. The third kappa shape index (κ3) is 4.65. The number of fused-ring (bicyclic) bond motifs is 1. The lowest BCUT2D eigenvalue weighted by atomic mass is 10.1. The second-order valence-corrected chi connectivity index (χ2v) is 9.35. The van der Waals surface area contributed by atoms with Crippen molar-refractivity contribution in [2.24, 2.45) is 0 Å². The minimum absolute atomic E-state index is 0.145. The summed E-state index contributed by atoms with van der Waals surface area (Å²) in [7, 11) is 0. The number of hydrogen-bond acceptors (Lipinski definition) is 8. The Bertz CT molecular complexity index is 1580. The average molecular weight is 502 g/mol. The molecule has 0 radical (unpaired) electrons. The van der Waals surface area contributed by atoms with Gasteiger partial charge in [-0.25, -0.2) is 19.0 Å². The minimum atomic E-state index is -0.262. The first-order valence-electron chi connectivity index (χ1n) is 12.4. The molecule has 0 aliphatic carbocycles.